The molecule has 5 nitrogen and oxygen atoms in total. The van der Waals surface area contributed by atoms with E-state index in [-0.39, 0.29) is 34.8 Å². The van der Waals surface area contributed by atoms with E-state index in [2.05, 4.69) is 15.5 Å². The zero-order valence-corrected chi connectivity index (χ0v) is 13.6. The van der Waals surface area contributed by atoms with Gasteiger partial charge in [-0.25, -0.2) is 4.39 Å². The van der Waals surface area contributed by atoms with Gasteiger partial charge >= 0.3 is 0 Å². The number of carbonyl (C=O) groups is 1. The number of rotatable bonds is 4. The van der Waals surface area contributed by atoms with E-state index in [1.54, 1.807) is 18.2 Å². The van der Waals surface area contributed by atoms with Crippen molar-refractivity contribution in [3.63, 3.8) is 0 Å². The molecule has 0 saturated carbocycles. The fraction of sp³-hybridized carbons (Fsp3) is 0.0625. The molecule has 1 amide bonds. The van der Waals surface area contributed by atoms with Crippen molar-refractivity contribution in [1.82, 2.24) is 15.5 Å². The molecule has 24 heavy (non-hydrogen) atoms. The first kappa shape index (κ1) is 16.4. The van der Waals surface area contributed by atoms with Crippen molar-refractivity contribution in [2.24, 2.45) is 0 Å². The molecule has 1 aromatic heterocycles. The fourth-order valence-corrected chi connectivity index (χ4v) is 2.26. The third kappa shape index (κ3) is 3.55. The largest absolute Gasteiger partial charge is 0.419 e. The normalized spacial score (nSPS) is 10.6. The highest BCUT2D eigenvalue weighted by Gasteiger charge is 2.14. The summed E-state index contributed by atoms with van der Waals surface area (Å²) in [6, 6.07) is 10.6. The first-order valence-corrected chi connectivity index (χ1v) is 7.60. The van der Waals surface area contributed by atoms with Gasteiger partial charge in [0.2, 0.25) is 5.89 Å². The van der Waals surface area contributed by atoms with Crippen LogP contribution < -0.4 is 5.32 Å². The average Bonchev–Trinajstić information content (AvgIpc) is 3.04. The summed E-state index contributed by atoms with van der Waals surface area (Å²) in [5.74, 6) is -0.639. The molecule has 3 aromatic rings. The summed E-state index contributed by atoms with van der Waals surface area (Å²) in [5, 5.41) is 10.8. The maximum Gasteiger partial charge on any atom is 0.251 e. The Bertz CT molecular complexity index is 899. The molecule has 0 saturated heterocycles. The summed E-state index contributed by atoms with van der Waals surface area (Å²) in [6.07, 6.45) is 0. The van der Waals surface area contributed by atoms with Gasteiger partial charge < -0.3 is 9.73 Å². The molecule has 122 valence electrons. The lowest BCUT2D eigenvalue weighted by molar-refractivity contribution is 0.0947. The molecule has 1 heterocycles. The van der Waals surface area contributed by atoms with E-state index < -0.39 is 5.82 Å². The number of carbonyl (C=O) groups excluding carboxylic acids is 1. The van der Waals surface area contributed by atoms with Crippen LogP contribution in [0.15, 0.2) is 46.9 Å². The van der Waals surface area contributed by atoms with Gasteiger partial charge in [0, 0.05) is 5.56 Å². The first-order chi connectivity index (χ1) is 11.5. The molecule has 0 aliphatic heterocycles. The molecule has 0 spiro atoms. The third-order valence-corrected chi connectivity index (χ3v) is 3.89. The Morgan fingerprint density at radius 1 is 1.12 bits per heavy atom. The Hall–Kier alpha value is -2.44. The number of hydrogen-bond acceptors (Lipinski definition) is 4. The Labute approximate surface area is 146 Å². The summed E-state index contributed by atoms with van der Waals surface area (Å²) in [6.45, 7) is 0.000527. The molecule has 0 bridgehead atoms. The molecule has 0 fully saturated rings. The summed E-state index contributed by atoms with van der Waals surface area (Å²) in [4.78, 5) is 12.0. The van der Waals surface area contributed by atoms with Crippen LogP contribution in [0.4, 0.5) is 4.39 Å². The quantitative estimate of drug-likeness (QED) is 0.755. The van der Waals surface area contributed by atoms with E-state index in [0.717, 1.165) is 0 Å². The molecule has 0 aliphatic rings. The van der Waals surface area contributed by atoms with Crippen LogP contribution in [-0.4, -0.2) is 16.1 Å². The molecule has 0 atom stereocenters. The summed E-state index contributed by atoms with van der Waals surface area (Å²) in [5.41, 5.74) is 0.547. The average molecular weight is 366 g/mol. The minimum atomic E-state index is -0.465. The van der Waals surface area contributed by atoms with Gasteiger partial charge in [-0.1, -0.05) is 35.3 Å². The smallest absolute Gasteiger partial charge is 0.251 e. The van der Waals surface area contributed by atoms with Crippen molar-refractivity contribution in [1.29, 1.82) is 0 Å². The van der Waals surface area contributed by atoms with Crippen LogP contribution in [0.25, 0.3) is 11.5 Å². The number of aromatic nitrogens is 2. The molecular weight excluding hydrogens is 356 g/mol. The minimum absolute atomic E-state index is 0.000527. The highest BCUT2D eigenvalue weighted by molar-refractivity contribution is 6.42. The summed E-state index contributed by atoms with van der Waals surface area (Å²) < 4.78 is 19.0. The molecule has 2 aromatic carbocycles. The predicted octanol–water partition coefficient (Wildman–Crippen LogP) is 4.11. The van der Waals surface area contributed by atoms with Crippen LogP contribution >= 0.6 is 23.2 Å². The number of halogens is 3. The molecule has 0 radical (unpaired) electrons. The van der Waals surface area contributed by atoms with Crippen molar-refractivity contribution >= 4 is 29.1 Å². The van der Waals surface area contributed by atoms with Gasteiger partial charge in [-0.05, 0) is 30.3 Å². The monoisotopic (exact) mass is 365 g/mol. The third-order valence-electron chi connectivity index (χ3n) is 3.15. The second-order valence-corrected chi connectivity index (χ2v) is 5.61. The van der Waals surface area contributed by atoms with Crippen LogP contribution in [0.1, 0.15) is 16.2 Å². The van der Waals surface area contributed by atoms with Crippen LogP contribution in [0, 0.1) is 5.82 Å². The van der Waals surface area contributed by atoms with Gasteiger partial charge in [0.15, 0.2) is 0 Å². The van der Waals surface area contributed by atoms with Crippen LogP contribution in [0.3, 0.4) is 0 Å². The molecule has 0 unspecified atom stereocenters. The highest BCUT2D eigenvalue weighted by Crippen LogP contribution is 2.23. The summed E-state index contributed by atoms with van der Waals surface area (Å²) in [7, 11) is 0. The van der Waals surface area contributed by atoms with Gasteiger partial charge in [-0.2, -0.15) is 0 Å². The zero-order valence-electron chi connectivity index (χ0n) is 12.1. The van der Waals surface area contributed by atoms with Crippen molar-refractivity contribution in [2.75, 3.05) is 0 Å². The second-order valence-electron chi connectivity index (χ2n) is 4.79. The van der Waals surface area contributed by atoms with Crippen LogP contribution in [0.5, 0.6) is 0 Å². The molecule has 1 N–H and O–H groups in total. The van der Waals surface area contributed by atoms with E-state index in [0.29, 0.717) is 10.6 Å². The van der Waals surface area contributed by atoms with Gasteiger partial charge in [0.25, 0.3) is 11.8 Å². The maximum absolute atomic E-state index is 13.7. The van der Waals surface area contributed by atoms with Gasteiger partial charge in [-0.15, -0.1) is 10.2 Å². The van der Waals surface area contributed by atoms with Crippen LogP contribution in [0.2, 0.25) is 10.0 Å². The minimum Gasteiger partial charge on any atom is -0.419 e. The second kappa shape index (κ2) is 6.98. The highest BCUT2D eigenvalue weighted by atomic mass is 35.5. The number of amides is 1. The molecule has 3 rings (SSSR count). The first-order valence-electron chi connectivity index (χ1n) is 6.85. The standard InChI is InChI=1S/C16H10Cl2FN3O2/c17-11-6-5-9(7-12(11)18)15(23)20-8-14-21-22-16(24-14)10-3-1-2-4-13(10)19/h1-7H,8H2,(H,20,23). The number of nitrogens with zero attached hydrogens (tertiary/aromatic N) is 2. The lowest BCUT2D eigenvalue weighted by Gasteiger charge is -2.03. The SMILES string of the molecule is O=C(NCc1nnc(-c2ccccc2F)o1)c1ccc(Cl)c(Cl)c1. The molecule has 0 aliphatic carbocycles. The Kier molecular flexibility index (Phi) is 4.78. The number of nitrogens with one attached hydrogen (secondary N) is 1. The topological polar surface area (TPSA) is 68.0 Å². The number of hydrogen-bond donors (Lipinski definition) is 1. The lowest BCUT2D eigenvalue weighted by Crippen LogP contribution is -2.22. The van der Waals surface area contributed by atoms with Gasteiger partial charge in [0.05, 0.1) is 22.2 Å². The van der Waals surface area contributed by atoms with E-state index >= 15 is 0 Å². The van der Waals surface area contributed by atoms with Crippen molar-refractivity contribution < 1.29 is 13.6 Å². The van der Waals surface area contributed by atoms with E-state index in [4.69, 9.17) is 27.6 Å². The van der Waals surface area contributed by atoms with E-state index in [9.17, 15) is 9.18 Å². The van der Waals surface area contributed by atoms with Crippen molar-refractivity contribution in [2.45, 2.75) is 6.54 Å². The fourth-order valence-electron chi connectivity index (χ4n) is 1.96. The zero-order chi connectivity index (χ0) is 17.1. The summed E-state index contributed by atoms with van der Waals surface area (Å²) >= 11 is 11.7. The molecular formula is C16H10Cl2FN3O2. The van der Waals surface area contributed by atoms with Crippen molar-refractivity contribution in [3.8, 4) is 11.5 Å². The maximum atomic E-state index is 13.7. The van der Waals surface area contributed by atoms with Crippen LogP contribution in [-0.2, 0) is 6.54 Å². The van der Waals surface area contributed by atoms with Gasteiger partial charge in [0.1, 0.15) is 5.82 Å². The van der Waals surface area contributed by atoms with Crippen molar-refractivity contribution in [3.05, 3.63) is 69.8 Å². The van der Waals surface area contributed by atoms with Gasteiger partial charge in [-0.3, -0.25) is 4.79 Å². The van der Waals surface area contributed by atoms with E-state index in [1.165, 1.54) is 24.3 Å². The Balaban J connectivity index is 1.68. The Morgan fingerprint density at radius 2 is 1.92 bits per heavy atom. The van der Waals surface area contributed by atoms with E-state index in [1.807, 2.05) is 0 Å². The predicted molar refractivity (Wildman–Crippen MR) is 87.3 cm³/mol. The Morgan fingerprint density at radius 3 is 2.67 bits per heavy atom. The number of benzene rings is 2. The molecule has 8 heteroatoms. The lowest BCUT2D eigenvalue weighted by atomic mass is 10.2.